The van der Waals surface area contributed by atoms with Gasteiger partial charge in [0.15, 0.2) is 11.6 Å². The third kappa shape index (κ3) is 3.77. The normalized spacial score (nSPS) is 10.0. The van der Waals surface area contributed by atoms with E-state index in [0.29, 0.717) is 12.5 Å². The van der Waals surface area contributed by atoms with E-state index in [9.17, 15) is 19.3 Å². The van der Waals surface area contributed by atoms with Gasteiger partial charge < -0.3 is 9.84 Å². The Bertz CT molecular complexity index is 541. The summed E-state index contributed by atoms with van der Waals surface area (Å²) in [5.74, 6) is -2.82. The molecule has 7 heteroatoms. The Morgan fingerprint density at radius 3 is 2.68 bits per heavy atom. The van der Waals surface area contributed by atoms with Gasteiger partial charge in [-0.15, -0.1) is 6.58 Å². The van der Waals surface area contributed by atoms with Crippen molar-refractivity contribution in [2.24, 2.45) is 0 Å². The highest BCUT2D eigenvalue weighted by Crippen LogP contribution is 2.28. The van der Waals surface area contributed by atoms with E-state index >= 15 is 0 Å². The molecule has 0 aliphatic rings. The molecule has 102 valence electrons. The summed E-state index contributed by atoms with van der Waals surface area (Å²) in [5, 5.41) is 19.5. The van der Waals surface area contributed by atoms with Crippen LogP contribution in [0.1, 0.15) is 23.7 Å². The van der Waals surface area contributed by atoms with Crippen LogP contribution >= 0.6 is 0 Å². The number of nitro benzene ring substituents is 1. The minimum Gasteiger partial charge on any atom is -0.490 e. The summed E-state index contributed by atoms with van der Waals surface area (Å²) < 4.78 is 18.6. The second-order valence-corrected chi connectivity index (χ2v) is 3.92. The molecular formula is C12H12FNO5. The molecule has 0 radical (unpaired) electrons. The molecule has 19 heavy (non-hydrogen) atoms. The molecular weight excluding hydrogens is 257 g/mol. The number of benzene rings is 1. The third-order valence-electron chi connectivity index (χ3n) is 2.26. The second kappa shape index (κ2) is 5.94. The molecule has 1 rings (SSSR count). The van der Waals surface area contributed by atoms with Crippen molar-refractivity contribution in [3.63, 3.8) is 0 Å². The Labute approximate surface area is 108 Å². The van der Waals surface area contributed by atoms with Crippen LogP contribution < -0.4 is 4.74 Å². The van der Waals surface area contributed by atoms with E-state index in [4.69, 9.17) is 9.84 Å². The molecule has 0 bridgehead atoms. The van der Waals surface area contributed by atoms with Gasteiger partial charge in [-0.05, 0) is 6.92 Å². The second-order valence-electron chi connectivity index (χ2n) is 3.92. The van der Waals surface area contributed by atoms with Crippen LogP contribution in [0, 0.1) is 15.9 Å². The van der Waals surface area contributed by atoms with Crippen LogP contribution in [0.3, 0.4) is 0 Å². The molecule has 0 atom stereocenters. The lowest BCUT2D eigenvalue weighted by molar-refractivity contribution is -0.385. The fourth-order valence-electron chi connectivity index (χ4n) is 1.31. The number of ether oxygens (including phenoxy) is 1. The molecule has 0 amide bonds. The van der Waals surface area contributed by atoms with Gasteiger partial charge in [-0.2, -0.15) is 0 Å². The highest BCUT2D eigenvalue weighted by atomic mass is 19.1. The van der Waals surface area contributed by atoms with Gasteiger partial charge in [0.2, 0.25) is 0 Å². The van der Waals surface area contributed by atoms with Crippen molar-refractivity contribution in [1.82, 2.24) is 0 Å². The quantitative estimate of drug-likeness (QED) is 0.487. The maximum absolute atomic E-state index is 13.5. The average molecular weight is 269 g/mol. The maximum Gasteiger partial charge on any atom is 0.342 e. The zero-order valence-corrected chi connectivity index (χ0v) is 10.2. The smallest absolute Gasteiger partial charge is 0.342 e. The van der Waals surface area contributed by atoms with Crippen LogP contribution in [-0.2, 0) is 0 Å². The van der Waals surface area contributed by atoms with Gasteiger partial charge in [0, 0.05) is 12.5 Å². The Morgan fingerprint density at radius 2 is 2.21 bits per heavy atom. The van der Waals surface area contributed by atoms with E-state index in [1.54, 1.807) is 6.92 Å². The van der Waals surface area contributed by atoms with E-state index in [0.717, 1.165) is 11.6 Å². The topological polar surface area (TPSA) is 89.7 Å². The standard InChI is InChI=1S/C12H12FNO5/c1-7(2)3-4-19-11-5-8(12(15)16)10(14(17)18)6-9(11)13/h5-6H,1,3-4H2,2H3,(H,15,16). The number of nitro groups is 1. The number of nitrogens with zero attached hydrogens (tertiary/aromatic N) is 1. The van der Waals surface area contributed by atoms with E-state index in [-0.39, 0.29) is 12.4 Å². The number of rotatable bonds is 6. The first-order chi connectivity index (χ1) is 8.82. The minimum atomic E-state index is -1.52. The molecule has 0 heterocycles. The lowest BCUT2D eigenvalue weighted by Crippen LogP contribution is -2.06. The Kier molecular flexibility index (Phi) is 4.57. The van der Waals surface area contributed by atoms with Gasteiger partial charge in [-0.1, -0.05) is 5.57 Å². The fourth-order valence-corrected chi connectivity index (χ4v) is 1.31. The van der Waals surface area contributed by atoms with Crippen LogP contribution in [-0.4, -0.2) is 22.6 Å². The Balaban J connectivity index is 3.07. The zero-order valence-electron chi connectivity index (χ0n) is 10.2. The zero-order chi connectivity index (χ0) is 14.6. The Hall–Kier alpha value is -2.44. The van der Waals surface area contributed by atoms with Crippen molar-refractivity contribution >= 4 is 11.7 Å². The summed E-state index contributed by atoms with van der Waals surface area (Å²) >= 11 is 0. The number of hydrogen-bond donors (Lipinski definition) is 1. The number of carboxylic acids is 1. The summed E-state index contributed by atoms with van der Waals surface area (Å²) in [6, 6.07) is 1.35. The Morgan fingerprint density at radius 1 is 1.58 bits per heavy atom. The summed E-state index contributed by atoms with van der Waals surface area (Å²) in [4.78, 5) is 20.5. The number of hydrogen-bond acceptors (Lipinski definition) is 4. The van der Waals surface area contributed by atoms with Crippen molar-refractivity contribution in [1.29, 1.82) is 0 Å². The molecule has 0 unspecified atom stereocenters. The van der Waals surface area contributed by atoms with E-state index in [2.05, 4.69) is 6.58 Å². The summed E-state index contributed by atoms with van der Waals surface area (Å²) in [5.41, 5.74) is -0.602. The largest absolute Gasteiger partial charge is 0.490 e. The van der Waals surface area contributed by atoms with Crippen molar-refractivity contribution in [3.05, 3.63) is 45.8 Å². The summed E-state index contributed by atoms with van der Waals surface area (Å²) in [6.45, 7) is 5.51. The van der Waals surface area contributed by atoms with E-state index < -0.39 is 28.0 Å². The molecule has 1 aromatic carbocycles. The molecule has 0 saturated heterocycles. The number of halogens is 1. The maximum atomic E-state index is 13.5. The number of carbonyl (C=O) groups is 1. The molecule has 6 nitrogen and oxygen atoms in total. The fraction of sp³-hybridized carbons (Fsp3) is 0.250. The van der Waals surface area contributed by atoms with Crippen molar-refractivity contribution in [3.8, 4) is 5.75 Å². The van der Waals surface area contributed by atoms with Gasteiger partial charge in [-0.3, -0.25) is 10.1 Å². The molecule has 0 aromatic heterocycles. The first-order valence-electron chi connectivity index (χ1n) is 5.31. The van der Waals surface area contributed by atoms with Crippen LogP contribution in [0.2, 0.25) is 0 Å². The highest BCUT2D eigenvalue weighted by Gasteiger charge is 2.23. The van der Waals surface area contributed by atoms with Crippen LogP contribution in [0.5, 0.6) is 5.75 Å². The average Bonchev–Trinajstić information content (AvgIpc) is 2.29. The minimum absolute atomic E-state index is 0.114. The molecule has 0 spiro atoms. The van der Waals surface area contributed by atoms with Crippen molar-refractivity contribution in [2.75, 3.05) is 6.61 Å². The summed E-state index contributed by atoms with van der Waals surface area (Å²) in [6.07, 6.45) is 0.471. The molecule has 0 fully saturated rings. The summed E-state index contributed by atoms with van der Waals surface area (Å²) in [7, 11) is 0. The van der Waals surface area contributed by atoms with Gasteiger partial charge >= 0.3 is 5.97 Å². The van der Waals surface area contributed by atoms with Crippen molar-refractivity contribution < 1.29 is 24.0 Å². The van der Waals surface area contributed by atoms with E-state index in [1.807, 2.05) is 0 Å². The predicted octanol–water partition coefficient (Wildman–Crippen LogP) is 2.78. The van der Waals surface area contributed by atoms with Crippen LogP contribution in [0.4, 0.5) is 10.1 Å². The molecule has 0 aliphatic carbocycles. The lowest BCUT2D eigenvalue weighted by atomic mass is 10.1. The molecule has 1 N–H and O–H groups in total. The van der Waals surface area contributed by atoms with Crippen molar-refractivity contribution in [2.45, 2.75) is 13.3 Å². The van der Waals surface area contributed by atoms with Gasteiger partial charge in [0.1, 0.15) is 5.56 Å². The van der Waals surface area contributed by atoms with Gasteiger partial charge in [0.05, 0.1) is 17.6 Å². The van der Waals surface area contributed by atoms with Gasteiger partial charge in [0.25, 0.3) is 5.69 Å². The molecule has 0 aliphatic heterocycles. The van der Waals surface area contributed by atoms with Gasteiger partial charge in [-0.25, -0.2) is 9.18 Å². The predicted molar refractivity (Wildman–Crippen MR) is 64.9 cm³/mol. The van der Waals surface area contributed by atoms with Crippen LogP contribution in [0.15, 0.2) is 24.3 Å². The first kappa shape index (κ1) is 14.6. The van der Waals surface area contributed by atoms with Crippen LogP contribution in [0.25, 0.3) is 0 Å². The first-order valence-corrected chi connectivity index (χ1v) is 5.31. The molecule has 0 saturated carbocycles. The lowest BCUT2D eigenvalue weighted by Gasteiger charge is -2.08. The number of aromatic carboxylic acids is 1. The SMILES string of the molecule is C=C(C)CCOc1cc(C(=O)O)c([N+](=O)[O-])cc1F. The van der Waals surface area contributed by atoms with E-state index in [1.165, 1.54) is 0 Å². The third-order valence-corrected chi connectivity index (χ3v) is 2.26. The molecule has 1 aromatic rings. The highest BCUT2D eigenvalue weighted by molar-refractivity contribution is 5.92. The number of carboxylic acid groups (broad SMARTS) is 1. The monoisotopic (exact) mass is 269 g/mol.